The average Bonchev–Trinajstić information content (AvgIpc) is 1.84. The zero-order chi connectivity index (χ0) is 7.44. The third-order valence-electron chi connectivity index (χ3n) is 1.47. The second-order valence-corrected chi connectivity index (χ2v) is 2.54. The molecule has 0 aliphatic carbocycles. The fourth-order valence-electron chi connectivity index (χ4n) is 0.615. The highest BCUT2D eigenvalue weighted by molar-refractivity contribution is 5.77. The quantitative estimate of drug-likeness (QED) is 0.609. The predicted molar refractivity (Wildman–Crippen MR) is 51.6 cm³/mol. The summed E-state index contributed by atoms with van der Waals surface area (Å²) in [7, 11) is 3.57. The van der Waals surface area contributed by atoms with Crippen LogP contribution in [0.25, 0.3) is 0 Å². The van der Waals surface area contributed by atoms with Crippen molar-refractivity contribution >= 4 is 5.91 Å². The molecule has 0 spiro atoms. The van der Waals surface area contributed by atoms with Crippen molar-refractivity contribution in [1.82, 2.24) is 4.90 Å². The van der Waals surface area contributed by atoms with Gasteiger partial charge in [-0.1, -0.05) is 28.7 Å². The Morgan fingerprint density at radius 2 is 1.73 bits per heavy atom. The van der Waals surface area contributed by atoms with Crippen LogP contribution in [0.1, 0.15) is 35.1 Å². The first-order valence-corrected chi connectivity index (χ1v) is 3.30. The van der Waals surface area contributed by atoms with Crippen molar-refractivity contribution in [3.63, 3.8) is 0 Å². The fraction of sp³-hybridized carbons (Fsp3) is 0.889. The SMILES string of the molecule is C.C.CCC(C)C(=O)N(C)C. The maximum absolute atomic E-state index is 11.0. The standard InChI is InChI=1S/C7H15NO.2CH4/c1-5-6(2)7(9)8(3)4;;/h6H,5H2,1-4H3;2*1H4. The van der Waals surface area contributed by atoms with Crippen LogP contribution < -0.4 is 0 Å². The Hall–Kier alpha value is -0.530. The molecule has 0 saturated heterocycles. The van der Waals surface area contributed by atoms with Gasteiger partial charge in [0.05, 0.1) is 0 Å². The minimum atomic E-state index is 0. The first-order chi connectivity index (χ1) is 4.09. The molecule has 2 nitrogen and oxygen atoms in total. The van der Waals surface area contributed by atoms with E-state index in [-0.39, 0.29) is 26.7 Å². The minimum Gasteiger partial charge on any atom is -0.349 e. The van der Waals surface area contributed by atoms with E-state index >= 15 is 0 Å². The molecule has 0 aromatic rings. The lowest BCUT2D eigenvalue weighted by Crippen LogP contribution is -2.27. The minimum absolute atomic E-state index is 0. The van der Waals surface area contributed by atoms with E-state index in [1.165, 1.54) is 0 Å². The number of hydrogen-bond donors (Lipinski definition) is 0. The summed E-state index contributed by atoms with van der Waals surface area (Å²) in [5.74, 6) is 0.400. The molecular formula is C9H23NO. The van der Waals surface area contributed by atoms with Gasteiger partial charge in [0.15, 0.2) is 0 Å². The molecule has 0 rings (SSSR count). The molecule has 0 aliphatic heterocycles. The van der Waals surface area contributed by atoms with Crippen LogP contribution in [0.2, 0.25) is 0 Å². The Labute approximate surface area is 71.6 Å². The van der Waals surface area contributed by atoms with Gasteiger partial charge in [0.1, 0.15) is 0 Å². The number of carbonyl (C=O) groups is 1. The highest BCUT2D eigenvalue weighted by Gasteiger charge is 2.10. The molecular weight excluding hydrogens is 138 g/mol. The molecule has 70 valence electrons. The Balaban J connectivity index is -0.000000320. The smallest absolute Gasteiger partial charge is 0.224 e. The summed E-state index contributed by atoms with van der Waals surface area (Å²) in [6, 6.07) is 0. The lowest BCUT2D eigenvalue weighted by Gasteiger charge is -2.14. The van der Waals surface area contributed by atoms with Crippen molar-refractivity contribution in [3.05, 3.63) is 0 Å². The molecule has 1 amide bonds. The van der Waals surface area contributed by atoms with Crippen molar-refractivity contribution in [3.8, 4) is 0 Å². The second kappa shape index (κ2) is 7.58. The number of amides is 1. The van der Waals surface area contributed by atoms with Crippen LogP contribution in [0, 0.1) is 5.92 Å². The zero-order valence-corrected chi connectivity index (χ0v) is 6.64. The maximum Gasteiger partial charge on any atom is 0.224 e. The molecule has 0 heterocycles. The zero-order valence-electron chi connectivity index (χ0n) is 6.64. The van der Waals surface area contributed by atoms with Crippen molar-refractivity contribution in [1.29, 1.82) is 0 Å². The van der Waals surface area contributed by atoms with E-state index in [9.17, 15) is 4.79 Å². The van der Waals surface area contributed by atoms with Gasteiger partial charge in [0.2, 0.25) is 5.91 Å². The highest BCUT2D eigenvalue weighted by Crippen LogP contribution is 2.02. The van der Waals surface area contributed by atoms with E-state index in [0.29, 0.717) is 0 Å². The van der Waals surface area contributed by atoms with Gasteiger partial charge in [-0.15, -0.1) is 0 Å². The fourth-order valence-corrected chi connectivity index (χ4v) is 0.615. The van der Waals surface area contributed by atoms with Gasteiger partial charge in [0, 0.05) is 20.0 Å². The average molecular weight is 161 g/mol. The van der Waals surface area contributed by atoms with Crippen LogP contribution in [-0.4, -0.2) is 24.9 Å². The number of hydrogen-bond acceptors (Lipinski definition) is 1. The van der Waals surface area contributed by atoms with Crippen LogP contribution in [0.3, 0.4) is 0 Å². The van der Waals surface area contributed by atoms with E-state index in [1.807, 2.05) is 13.8 Å². The lowest BCUT2D eigenvalue weighted by molar-refractivity contribution is -0.132. The van der Waals surface area contributed by atoms with Crippen LogP contribution in [0.4, 0.5) is 0 Å². The Morgan fingerprint density at radius 3 is 1.82 bits per heavy atom. The van der Waals surface area contributed by atoms with E-state index in [0.717, 1.165) is 6.42 Å². The van der Waals surface area contributed by atoms with Crippen molar-refractivity contribution in [2.24, 2.45) is 5.92 Å². The number of nitrogens with zero attached hydrogens (tertiary/aromatic N) is 1. The van der Waals surface area contributed by atoms with Gasteiger partial charge >= 0.3 is 0 Å². The molecule has 1 atom stereocenters. The summed E-state index contributed by atoms with van der Waals surface area (Å²) >= 11 is 0. The Bertz CT molecular complexity index is 99.7. The lowest BCUT2D eigenvalue weighted by atomic mass is 10.1. The molecule has 0 N–H and O–H groups in total. The molecule has 0 bridgehead atoms. The molecule has 0 fully saturated rings. The summed E-state index contributed by atoms with van der Waals surface area (Å²) in [5.41, 5.74) is 0. The molecule has 2 heteroatoms. The van der Waals surface area contributed by atoms with E-state index < -0.39 is 0 Å². The topological polar surface area (TPSA) is 20.3 Å². The van der Waals surface area contributed by atoms with Gasteiger partial charge in [0.25, 0.3) is 0 Å². The van der Waals surface area contributed by atoms with Crippen LogP contribution in [0.15, 0.2) is 0 Å². The van der Waals surface area contributed by atoms with Crippen LogP contribution >= 0.6 is 0 Å². The molecule has 0 aromatic carbocycles. The molecule has 0 radical (unpaired) electrons. The summed E-state index contributed by atoms with van der Waals surface area (Å²) < 4.78 is 0. The van der Waals surface area contributed by atoms with E-state index in [1.54, 1.807) is 19.0 Å². The Morgan fingerprint density at radius 1 is 1.36 bits per heavy atom. The molecule has 0 aliphatic rings. The number of rotatable bonds is 2. The predicted octanol–water partition coefficient (Wildman–Crippen LogP) is 2.39. The Kier molecular flexibility index (Phi) is 11.6. The third kappa shape index (κ3) is 5.89. The maximum atomic E-state index is 11.0. The molecule has 0 saturated carbocycles. The monoisotopic (exact) mass is 161 g/mol. The van der Waals surface area contributed by atoms with Gasteiger partial charge < -0.3 is 4.90 Å². The summed E-state index contributed by atoms with van der Waals surface area (Å²) in [6.45, 7) is 3.97. The molecule has 11 heavy (non-hydrogen) atoms. The van der Waals surface area contributed by atoms with Gasteiger partial charge in [-0.3, -0.25) is 4.79 Å². The van der Waals surface area contributed by atoms with Crippen molar-refractivity contribution < 1.29 is 4.79 Å². The summed E-state index contributed by atoms with van der Waals surface area (Å²) in [4.78, 5) is 12.6. The van der Waals surface area contributed by atoms with Gasteiger partial charge in [-0.05, 0) is 6.42 Å². The van der Waals surface area contributed by atoms with Crippen molar-refractivity contribution in [2.75, 3.05) is 14.1 Å². The van der Waals surface area contributed by atoms with Crippen LogP contribution in [-0.2, 0) is 4.79 Å². The van der Waals surface area contributed by atoms with E-state index in [2.05, 4.69) is 0 Å². The molecule has 1 unspecified atom stereocenters. The van der Waals surface area contributed by atoms with Gasteiger partial charge in [-0.2, -0.15) is 0 Å². The van der Waals surface area contributed by atoms with E-state index in [4.69, 9.17) is 0 Å². The second-order valence-electron chi connectivity index (χ2n) is 2.54. The highest BCUT2D eigenvalue weighted by atomic mass is 16.2. The number of carbonyl (C=O) groups excluding carboxylic acids is 1. The first kappa shape index (κ1) is 16.8. The van der Waals surface area contributed by atoms with Crippen LogP contribution in [0.5, 0.6) is 0 Å². The first-order valence-electron chi connectivity index (χ1n) is 3.30. The van der Waals surface area contributed by atoms with Gasteiger partial charge in [-0.25, -0.2) is 0 Å². The normalized spacial score (nSPS) is 10.5. The summed E-state index contributed by atoms with van der Waals surface area (Å²) in [6.07, 6.45) is 0.928. The third-order valence-corrected chi connectivity index (χ3v) is 1.47. The summed E-state index contributed by atoms with van der Waals surface area (Å²) in [5, 5.41) is 0. The van der Waals surface area contributed by atoms with Crippen molar-refractivity contribution in [2.45, 2.75) is 35.1 Å². The largest absolute Gasteiger partial charge is 0.349 e. The molecule has 0 aromatic heterocycles.